The lowest BCUT2D eigenvalue weighted by Gasteiger charge is -2.48. The third-order valence-electron chi connectivity index (χ3n) is 22.9. The SMILES string of the molecule is CCCCCCCCCCOc1cc(CN[C@@]2(C)C[C@H](O[C@H]3[C@H](Oc4c5cc6cc4Oc4ccc(cc4Cl)[C@@H](O)[C@@H](NC(=O)[C@@H](CC(C)C)NC)C(=O)N[C@@H](CC(N)=O)C(=O)N[C@H]6C(=O)N[C@H]4C(=O)N[C@H](C(=O)N[C@H](C(=O)O)c6cc(O)cc(O)c6-c6cc4ccc6O)[C@H](O)c4ccc(c(Cl)c4)O5)O[C@H](CO)[C@@H](O)[C@@H]3O)O[C@@H](C)[C@H]2O)ccc1OCc1ccccc1. The molecule has 0 radical (unpaired) electrons. The predicted molar refractivity (Wildman–Crippen MR) is 457 cm³/mol. The summed E-state index contributed by atoms with van der Waals surface area (Å²) in [7, 11) is 1.48. The van der Waals surface area contributed by atoms with Gasteiger partial charge < -0.3 is 137 Å². The molecule has 0 unspecified atom stereocenters. The first kappa shape index (κ1) is 95.0. The van der Waals surface area contributed by atoms with Crippen LogP contribution in [0.2, 0.25) is 10.0 Å². The molecule has 7 aromatic carbocycles. The number of hydrogen-bond donors (Lipinski definition) is 19. The molecule has 7 aromatic rings. The molecule has 7 heterocycles. The van der Waals surface area contributed by atoms with Gasteiger partial charge in [-0.05, 0) is 140 Å². The van der Waals surface area contributed by atoms with Gasteiger partial charge in [0, 0.05) is 41.3 Å². The number of unbranched alkanes of at least 4 members (excludes halogenated alkanes) is 7. The van der Waals surface area contributed by atoms with Gasteiger partial charge in [0.25, 0.3) is 0 Å². The normalized spacial score (nSPS) is 25.7. The number of carboxylic acids is 1. The molecule has 2 fully saturated rings. The number of halogens is 2. The molecular formula is C90H107Cl2N9O26. The number of phenolic OH excluding ortho intramolecular Hbond substituents is 3. The van der Waals surface area contributed by atoms with Crippen LogP contribution >= 0.6 is 23.2 Å². The van der Waals surface area contributed by atoms with E-state index in [-0.39, 0.29) is 59.4 Å². The van der Waals surface area contributed by atoms with Crippen LogP contribution in [-0.4, -0.2) is 198 Å². The molecule has 18 atom stereocenters. The average Bonchev–Trinajstić information content (AvgIpc) is 0.762. The number of amides is 7. The number of phenols is 3. The molecule has 37 heteroatoms. The fourth-order valence-electron chi connectivity index (χ4n) is 16.0. The molecule has 7 aliphatic rings. The summed E-state index contributed by atoms with van der Waals surface area (Å²) in [6.07, 6.45) is -10.2. The van der Waals surface area contributed by atoms with E-state index in [1.165, 1.54) is 38.4 Å². The molecule has 11 bridgehead atoms. The summed E-state index contributed by atoms with van der Waals surface area (Å²) in [5.41, 5.74) is 3.32. The largest absolute Gasteiger partial charge is 0.508 e. The number of aliphatic carboxylic acids is 1. The van der Waals surface area contributed by atoms with Crippen molar-refractivity contribution >= 4 is 70.5 Å². The van der Waals surface area contributed by atoms with Crippen LogP contribution in [0.15, 0.2) is 127 Å². The van der Waals surface area contributed by atoms with Gasteiger partial charge in [0.15, 0.2) is 41.4 Å². The summed E-state index contributed by atoms with van der Waals surface area (Å²) in [6, 6.07) is 14.5. The Morgan fingerprint density at radius 1 is 0.646 bits per heavy atom. The van der Waals surface area contributed by atoms with E-state index in [2.05, 4.69) is 49.5 Å². The fourth-order valence-corrected chi connectivity index (χ4v) is 16.4. The summed E-state index contributed by atoms with van der Waals surface area (Å²) < 4.78 is 52.7. The minimum absolute atomic E-state index is 0.111. The first-order chi connectivity index (χ1) is 60.6. The summed E-state index contributed by atoms with van der Waals surface area (Å²) >= 11 is 14.4. The van der Waals surface area contributed by atoms with Crippen molar-refractivity contribution in [2.75, 3.05) is 20.3 Å². The topological polar surface area (TPSA) is 535 Å². The van der Waals surface area contributed by atoms with Crippen molar-refractivity contribution in [3.63, 3.8) is 0 Å². The highest BCUT2D eigenvalue weighted by atomic mass is 35.5. The van der Waals surface area contributed by atoms with Gasteiger partial charge in [-0.25, -0.2) is 4.79 Å². The quantitative estimate of drug-likeness (QED) is 0.0209. The highest BCUT2D eigenvalue weighted by Gasteiger charge is 2.52. The van der Waals surface area contributed by atoms with Crippen molar-refractivity contribution in [3.05, 3.63) is 176 Å². The molecule has 0 aromatic heterocycles. The van der Waals surface area contributed by atoms with Gasteiger partial charge in [0.05, 0.1) is 47.9 Å². The summed E-state index contributed by atoms with van der Waals surface area (Å²) in [4.78, 5) is 119. The van der Waals surface area contributed by atoms with Crippen molar-refractivity contribution < 1.29 is 127 Å². The van der Waals surface area contributed by atoms with Crippen LogP contribution in [0.4, 0.5) is 0 Å². The van der Waals surface area contributed by atoms with Crippen molar-refractivity contribution in [3.8, 4) is 68.6 Å². The summed E-state index contributed by atoms with van der Waals surface area (Å²) in [5.74, 6) is -15.1. The van der Waals surface area contributed by atoms with Crippen molar-refractivity contribution in [1.29, 1.82) is 0 Å². The molecule has 14 rings (SSSR count). The number of benzene rings is 7. The highest BCUT2D eigenvalue weighted by Crippen LogP contribution is 2.50. The maximum absolute atomic E-state index is 16.3. The molecule has 20 N–H and O–H groups in total. The van der Waals surface area contributed by atoms with E-state index < -0.39 is 237 Å². The lowest BCUT2D eigenvalue weighted by atomic mass is 9.84. The van der Waals surface area contributed by atoms with E-state index >= 15 is 24.0 Å². The smallest absolute Gasteiger partial charge is 0.330 e. The Kier molecular flexibility index (Phi) is 31.5. The predicted octanol–water partition coefficient (Wildman–Crippen LogP) is 7.04. The lowest BCUT2D eigenvalue weighted by Crippen LogP contribution is -2.65. The molecule has 2 saturated heterocycles. The number of likely N-dealkylation sites (N-methyl/N-ethyl adjacent to an activating group) is 1. The molecule has 7 amide bonds. The number of aromatic hydroxyl groups is 3. The minimum Gasteiger partial charge on any atom is -0.508 e. The third kappa shape index (κ3) is 22.7. The fraction of sp³-hybridized carbons (Fsp3) is 0.444. The van der Waals surface area contributed by atoms with Gasteiger partial charge in [-0.15, -0.1) is 0 Å². The van der Waals surface area contributed by atoms with Crippen LogP contribution in [0, 0.1) is 5.92 Å². The zero-order valence-electron chi connectivity index (χ0n) is 70.5. The maximum Gasteiger partial charge on any atom is 0.330 e. The molecule has 127 heavy (non-hydrogen) atoms. The Morgan fingerprint density at radius 3 is 1.92 bits per heavy atom. The van der Waals surface area contributed by atoms with Gasteiger partial charge in [0.2, 0.25) is 53.4 Å². The van der Waals surface area contributed by atoms with Gasteiger partial charge in [-0.1, -0.05) is 144 Å². The number of carbonyl (C=O) groups is 8. The Morgan fingerprint density at radius 2 is 1.28 bits per heavy atom. The molecule has 0 spiro atoms. The Balaban J connectivity index is 0.989. The van der Waals surface area contributed by atoms with Crippen LogP contribution < -0.4 is 72.0 Å². The first-order valence-electron chi connectivity index (χ1n) is 42.0. The van der Waals surface area contributed by atoms with E-state index in [0.29, 0.717) is 18.1 Å². The summed E-state index contributed by atoms with van der Waals surface area (Å²) in [6.45, 7) is 8.96. The highest BCUT2D eigenvalue weighted by molar-refractivity contribution is 6.32. The zero-order chi connectivity index (χ0) is 91.4. The van der Waals surface area contributed by atoms with Gasteiger partial charge >= 0.3 is 5.97 Å². The van der Waals surface area contributed by atoms with E-state index in [1.807, 2.05) is 62.4 Å². The number of nitrogens with two attached hydrogens (primary N) is 1. The number of nitrogens with one attached hydrogen (secondary N) is 8. The van der Waals surface area contributed by atoms with Gasteiger partial charge in [-0.2, -0.15) is 0 Å². The van der Waals surface area contributed by atoms with E-state index in [4.69, 9.17) is 66.8 Å². The van der Waals surface area contributed by atoms with Crippen molar-refractivity contribution in [2.24, 2.45) is 11.7 Å². The number of aliphatic hydroxyl groups is 6. The number of hydrogen-bond acceptors (Lipinski definition) is 27. The Hall–Kier alpha value is -11.2. The number of carboxylic acid groups (broad SMARTS) is 1. The molecule has 35 nitrogen and oxygen atoms in total. The number of aliphatic hydroxyl groups excluding tert-OH is 6. The van der Waals surface area contributed by atoms with E-state index in [1.54, 1.807) is 13.8 Å². The number of fused-ring (bicyclic) bond motifs is 15. The van der Waals surface area contributed by atoms with Gasteiger partial charge in [-0.3, -0.25) is 33.6 Å². The number of ether oxygens (including phenoxy) is 8. The second kappa shape index (κ2) is 42.2. The van der Waals surface area contributed by atoms with Crippen LogP contribution in [0.3, 0.4) is 0 Å². The third-order valence-corrected chi connectivity index (χ3v) is 23.5. The molecule has 7 aliphatic heterocycles. The monoisotopic (exact) mass is 1800 g/mol. The maximum atomic E-state index is 16.3. The summed E-state index contributed by atoms with van der Waals surface area (Å²) in [5, 5.41) is 138. The minimum atomic E-state index is -2.37. The zero-order valence-corrected chi connectivity index (χ0v) is 72.0. The Bertz CT molecular complexity index is 5150. The van der Waals surface area contributed by atoms with Gasteiger partial charge in [0.1, 0.15) is 96.1 Å². The van der Waals surface area contributed by atoms with Crippen LogP contribution in [0.5, 0.6) is 57.5 Å². The lowest BCUT2D eigenvalue weighted by molar-refractivity contribution is -0.334. The van der Waals surface area contributed by atoms with E-state index in [0.717, 1.165) is 110 Å². The first-order valence-corrected chi connectivity index (χ1v) is 42.7. The second-order valence-corrected chi connectivity index (χ2v) is 33.7. The number of carbonyl (C=O) groups excluding carboxylic acids is 7. The Labute approximate surface area is 741 Å². The van der Waals surface area contributed by atoms with Crippen LogP contribution in [-0.2, 0) is 65.7 Å². The molecule has 0 aliphatic carbocycles. The number of rotatable bonds is 29. The van der Waals surface area contributed by atoms with E-state index in [9.17, 15) is 65.4 Å². The molecule has 0 saturated carbocycles. The molecule has 682 valence electrons. The van der Waals surface area contributed by atoms with Crippen molar-refractivity contribution in [2.45, 2.75) is 228 Å². The van der Waals surface area contributed by atoms with Crippen LogP contribution in [0.1, 0.15) is 175 Å². The van der Waals surface area contributed by atoms with Crippen molar-refractivity contribution in [1.82, 2.24) is 42.5 Å². The molecular weight excluding hydrogens is 1690 g/mol. The average molecular weight is 1800 g/mol. The standard InChI is InChI=1S/C90H107Cl2N9O26/c1-7-8-9-10-11-12-13-17-28-120-63-30-46(20-25-62(63)121-42-45-18-15-14-16-19-45)40-95-90(5)39-68(122-44(4)81(90)111)126-80-78(110)77(109)66(41-102)125-89(80)127-79-64-34-50-35-65(79)124-61-27-23-49(33-55(61)92)76(108)74-87(117)99-72(88(118)119)53-36-51(103)37-59(105)69(53)52-31-47(21-24-58(52)104)70(84(114)101-74)98-85(115)71(50)97-83(113)57(38-67(93)106)96-86(116)73(100-82(112)56(94-6)29-43(2)3)75(107)48-22-26-60(123-64)54(91)32-48/h14-16,18-27,30-37,43-44,56-57,66,68,70-78,80-81,89,94-95,102-105,107-111H,7-13,17,28-29,38-42H2,1-6H3,(H2,93,106)(H,96,116)(H,97,113)(H,98,115)(H,99,117)(H,100,112)(H,101,114)(H,118,119)/t44-,56+,57-,66+,68-,70+,71+,72-,73+,74-,75+,76+,77+,78-,80+,81+,89-,90-/m0/s1. The number of primary amides is 1. The second-order valence-electron chi connectivity index (χ2n) is 32.9. The van der Waals surface area contributed by atoms with Crippen LogP contribution in [0.25, 0.3) is 11.1 Å².